The average molecular weight is 227 g/mol. The van der Waals surface area contributed by atoms with Gasteiger partial charge in [0.2, 0.25) is 0 Å². The van der Waals surface area contributed by atoms with E-state index in [0.29, 0.717) is 11.3 Å². The van der Waals surface area contributed by atoms with Crippen LogP contribution in [0.2, 0.25) is 0 Å². The quantitative estimate of drug-likeness (QED) is 0.757. The highest BCUT2D eigenvalue weighted by Crippen LogP contribution is 2.27. The summed E-state index contributed by atoms with van der Waals surface area (Å²) < 4.78 is 5.10. The van der Waals surface area contributed by atoms with Crippen LogP contribution in [0.25, 0.3) is 11.1 Å². The summed E-state index contributed by atoms with van der Waals surface area (Å²) >= 11 is 0. The minimum atomic E-state index is 0.612. The number of methoxy groups -OCH3 is 1. The Morgan fingerprint density at radius 1 is 1.24 bits per heavy atom. The number of benzene rings is 1. The molecular formula is C14H13NO2. The zero-order chi connectivity index (χ0) is 12.3. The summed E-state index contributed by atoms with van der Waals surface area (Å²) in [6.07, 6.45) is 2.58. The third kappa shape index (κ3) is 2.18. The fourth-order valence-electron chi connectivity index (χ4n) is 1.78. The van der Waals surface area contributed by atoms with Gasteiger partial charge >= 0.3 is 0 Å². The Morgan fingerprint density at radius 3 is 2.71 bits per heavy atom. The van der Waals surface area contributed by atoms with E-state index in [-0.39, 0.29) is 0 Å². The molecule has 0 bridgehead atoms. The van der Waals surface area contributed by atoms with Crippen molar-refractivity contribution in [1.29, 1.82) is 0 Å². The maximum absolute atomic E-state index is 11.1. The molecule has 0 saturated heterocycles. The average Bonchev–Trinajstić information content (AvgIpc) is 2.38. The van der Waals surface area contributed by atoms with Crippen LogP contribution in [0, 0.1) is 6.92 Å². The van der Waals surface area contributed by atoms with Crippen LogP contribution in [0.3, 0.4) is 0 Å². The Morgan fingerprint density at radius 2 is 2.06 bits per heavy atom. The van der Waals surface area contributed by atoms with Crippen molar-refractivity contribution in [1.82, 2.24) is 4.98 Å². The van der Waals surface area contributed by atoms with Gasteiger partial charge in [0.05, 0.1) is 7.11 Å². The molecule has 0 saturated carbocycles. The second kappa shape index (κ2) is 4.78. The summed E-state index contributed by atoms with van der Waals surface area (Å²) in [5.74, 6) is 0.678. The maximum atomic E-state index is 11.1. The molecule has 17 heavy (non-hydrogen) atoms. The van der Waals surface area contributed by atoms with E-state index >= 15 is 0 Å². The van der Waals surface area contributed by atoms with Crippen LogP contribution >= 0.6 is 0 Å². The standard InChI is InChI=1S/C14H13NO2/c1-10-13(4-3-7-15-10)14-6-5-12(17-2)8-11(14)9-16/h3-9H,1-2H3. The first-order chi connectivity index (χ1) is 8.26. The van der Waals surface area contributed by atoms with Gasteiger partial charge < -0.3 is 4.74 Å². The molecule has 0 amide bonds. The van der Waals surface area contributed by atoms with Crippen LogP contribution in [-0.2, 0) is 0 Å². The van der Waals surface area contributed by atoms with Crippen molar-refractivity contribution in [3.8, 4) is 16.9 Å². The number of hydrogen-bond acceptors (Lipinski definition) is 3. The Labute approximate surface area is 100 Å². The number of ether oxygens (including phenoxy) is 1. The van der Waals surface area contributed by atoms with Crippen LogP contribution in [0.15, 0.2) is 36.5 Å². The fraction of sp³-hybridized carbons (Fsp3) is 0.143. The number of aromatic nitrogens is 1. The lowest BCUT2D eigenvalue weighted by atomic mass is 9.99. The van der Waals surface area contributed by atoms with E-state index in [2.05, 4.69) is 4.98 Å². The van der Waals surface area contributed by atoms with Gasteiger partial charge in [-0.3, -0.25) is 9.78 Å². The largest absolute Gasteiger partial charge is 0.497 e. The Hall–Kier alpha value is -2.16. The minimum Gasteiger partial charge on any atom is -0.497 e. The van der Waals surface area contributed by atoms with Crippen molar-refractivity contribution >= 4 is 6.29 Å². The molecule has 3 heteroatoms. The predicted octanol–water partition coefficient (Wildman–Crippen LogP) is 2.88. The molecule has 1 aromatic carbocycles. The maximum Gasteiger partial charge on any atom is 0.150 e. The lowest BCUT2D eigenvalue weighted by molar-refractivity contribution is 0.112. The molecule has 1 aromatic heterocycles. The second-order valence-electron chi connectivity index (χ2n) is 3.71. The summed E-state index contributed by atoms with van der Waals surface area (Å²) in [6, 6.07) is 9.27. The number of carbonyl (C=O) groups is 1. The summed E-state index contributed by atoms with van der Waals surface area (Å²) in [5.41, 5.74) is 3.37. The third-order valence-corrected chi connectivity index (χ3v) is 2.68. The molecule has 0 aliphatic rings. The number of carbonyl (C=O) groups excluding carboxylic acids is 1. The molecule has 86 valence electrons. The lowest BCUT2D eigenvalue weighted by Crippen LogP contribution is -1.93. The summed E-state index contributed by atoms with van der Waals surface area (Å²) in [6.45, 7) is 1.92. The van der Waals surface area contributed by atoms with Crippen molar-refractivity contribution in [2.45, 2.75) is 6.92 Å². The smallest absolute Gasteiger partial charge is 0.150 e. The molecule has 0 atom stereocenters. The van der Waals surface area contributed by atoms with Gasteiger partial charge in [-0.2, -0.15) is 0 Å². The first-order valence-corrected chi connectivity index (χ1v) is 5.31. The van der Waals surface area contributed by atoms with Gasteiger partial charge in [-0.15, -0.1) is 0 Å². The van der Waals surface area contributed by atoms with Gasteiger partial charge in [0.1, 0.15) is 5.75 Å². The molecule has 0 N–H and O–H groups in total. The molecular weight excluding hydrogens is 214 g/mol. The van der Waals surface area contributed by atoms with Crippen LogP contribution in [0.4, 0.5) is 0 Å². The van der Waals surface area contributed by atoms with Crippen molar-refractivity contribution in [2.24, 2.45) is 0 Å². The van der Waals surface area contributed by atoms with E-state index < -0.39 is 0 Å². The molecule has 0 spiro atoms. The fourth-order valence-corrected chi connectivity index (χ4v) is 1.78. The van der Waals surface area contributed by atoms with Crippen molar-refractivity contribution in [3.05, 3.63) is 47.8 Å². The Kier molecular flexibility index (Phi) is 3.19. The molecule has 0 aliphatic heterocycles. The summed E-state index contributed by atoms with van der Waals surface area (Å²) in [4.78, 5) is 15.3. The molecule has 1 heterocycles. The molecule has 0 fully saturated rings. The third-order valence-electron chi connectivity index (χ3n) is 2.68. The highest BCUT2D eigenvalue weighted by atomic mass is 16.5. The Balaban J connectivity index is 2.60. The van der Waals surface area contributed by atoms with Crippen molar-refractivity contribution < 1.29 is 9.53 Å². The van der Waals surface area contributed by atoms with E-state index in [1.165, 1.54) is 0 Å². The van der Waals surface area contributed by atoms with Crippen molar-refractivity contribution in [2.75, 3.05) is 7.11 Å². The zero-order valence-electron chi connectivity index (χ0n) is 9.81. The van der Waals surface area contributed by atoms with Crippen LogP contribution in [0.5, 0.6) is 5.75 Å². The highest BCUT2D eigenvalue weighted by Gasteiger charge is 2.08. The number of aryl methyl sites for hydroxylation is 1. The highest BCUT2D eigenvalue weighted by molar-refractivity contribution is 5.88. The van der Waals surface area contributed by atoms with Crippen LogP contribution in [-0.4, -0.2) is 18.4 Å². The predicted molar refractivity (Wildman–Crippen MR) is 66.3 cm³/mol. The monoisotopic (exact) mass is 227 g/mol. The minimum absolute atomic E-state index is 0.612. The van der Waals surface area contributed by atoms with E-state index in [4.69, 9.17) is 4.74 Å². The molecule has 2 rings (SSSR count). The van der Waals surface area contributed by atoms with Crippen LogP contribution in [0.1, 0.15) is 16.1 Å². The molecule has 0 radical (unpaired) electrons. The van der Waals surface area contributed by atoms with Crippen molar-refractivity contribution in [3.63, 3.8) is 0 Å². The molecule has 0 aliphatic carbocycles. The second-order valence-corrected chi connectivity index (χ2v) is 3.71. The normalized spacial score (nSPS) is 10.0. The molecule has 0 unspecified atom stereocenters. The number of hydrogen-bond donors (Lipinski definition) is 0. The molecule has 2 aromatic rings. The number of nitrogens with zero attached hydrogens (tertiary/aromatic N) is 1. The first kappa shape index (κ1) is 11.3. The van der Waals surface area contributed by atoms with Gasteiger partial charge in [-0.25, -0.2) is 0 Å². The van der Waals surface area contributed by atoms with Crippen LogP contribution < -0.4 is 4.74 Å². The number of aldehydes is 1. The lowest BCUT2D eigenvalue weighted by Gasteiger charge is -2.09. The topological polar surface area (TPSA) is 39.2 Å². The number of rotatable bonds is 3. The van der Waals surface area contributed by atoms with E-state index in [9.17, 15) is 4.79 Å². The Bertz CT molecular complexity index is 550. The van der Waals surface area contributed by atoms with E-state index in [1.54, 1.807) is 19.4 Å². The SMILES string of the molecule is COc1ccc(-c2cccnc2C)c(C=O)c1. The van der Waals surface area contributed by atoms with E-state index in [0.717, 1.165) is 23.1 Å². The van der Waals surface area contributed by atoms with Gasteiger partial charge in [0, 0.05) is 23.0 Å². The van der Waals surface area contributed by atoms with Gasteiger partial charge in [-0.1, -0.05) is 6.07 Å². The summed E-state index contributed by atoms with van der Waals surface area (Å²) in [5, 5.41) is 0. The first-order valence-electron chi connectivity index (χ1n) is 5.31. The van der Waals surface area contributed by atoms with E-state index in [1.807, 2.05) is 31.2 Å². The summed E-state index contributed by atoms with van der Waals surface area (Å²) in [7, 11) is 1.58. The molecule has 3 nitrogen and oxygen atoms in total. The zero-order valence-corrected chi connectivity index (χ0v) is 9.81. The van der Waals surface area contributed by atoms with Gasteiger partial charge in [-0.05, 0) is 36.8 Å². The number of pyridine rings is 1. The van der Waals surface area contributed by atoms with Gasteiger partial charge in [0.15, 0.2) is 6.29 Å². The van der Waals surface area contributed by atoms with Gasteiger partial charge in [0.25, 0.3) is 0 Å².